The summed E-state index contributed by atoms with van der Waals surface area (Å²) in [5, 5.41) is 32.7. The van der Waals surface area contributed by atoms with Crippen molar-refractivity contribution in [1.29, 1.82) is 5.26 Å². The van der Waals surface area contributed by atoms with Gasteiger partial charge in [-0.15, -0.1) is 0 Å². The minimum atomic E-state index is -1.10. The second kappa shape index (κ2) is 8.48. The van der Waals surface area contributed by atoms with E-state index in [-0.39, 0.29) is 5.69 Å². The number of anilines is 2. The van der Waals surface area contributed by atoms with Gasteiger partial charge in [-0.1, -0.05) is 0 Å². The minimum absolute atomic E-state index is 0.171. The van der Waals surface area contributed by atoms with E-state index in [1.54, 1.807) is 57.4 Å². The van der Waals surface area contributed by atoms with Crippen LogP contribution < -0.4 is 10.2 Å². The molecule has 3 aromatic rings. The SMILES string of the molecule is Cc1ncc(NC(=O)c2cc(C(C)(C)O)ccn2)cc1-c1cnc(N2CC(C)(O)C2)c(C#N)c1. The lowest BCUT2D eigenvalue weighted by Gasteiger charge is -2.45. The summed E-state index contributed by atoms with van der Waals surface area (Å²) in [6.07, 6.45) is 4.69. The minimum Gasteiger partial charge on any atom is -0.386 e. The van der Waals surface area contributed by atoms with E-state index >= 15 is 0 Å². The number of nitrogens with one attached hydrogen (secondary N) is 1. The quantitative estimate of drug-likeness (QED) is 0.531. The Labute approximate surface area is 197 Å². The zero-order valence-corrected chi connectivity index (χ0v) is 19.5. The topological polar surface area (TPSA) is 135 Å². The van der Waals surface area contributed by atoms with Crippen LogP contribution in [-0.2, 0) is 5.60 Å². The maximum absolute atomic E-state index is 12.8. The molecule has 174 valence electrons. The average Bonchev–Trinajstić information content (AvgIpc) is 2.77. The molecule has 0 saturated carbocycles. The first-order valence-electron chi connectivity index (χ1n) is 10.8. The van der Waals surface area contributed by atoms with Gasteiger partial charge in [0, 0.05) is 42.3 Å². The molecule has 0 aliphatic carbocycles. The largest absolute Gasteiger partial charge is 0.386 e. The fourth-order valence-corrected chi connectivity index (χ4v) is 3.89. The predicted molar refractivity (Wildman–Crippen MR) is 127 cm³/mol. The van der Waals surface area contributed by atoms with Crippen LogP contribution in [0.25, 0.3) is 11.1 Å². The van der Waals surface area contributed by atoms with Crippen LogP contribution in [0.4, 0.5) is 11.5 Å². The van der Waals surface area contributed by atoms with Gasteiger partial charge in [0.1, 0.15) is 17.6 Å². The number of β-amino-alcohol motifs (C(OH)–C–C–N with tert-alkyl or cyclic N) is 1. The molecule has 3 aromatic heterocycles. The monoisotopic (exact) mass is 458 g/mol. The van der Waals surface area contributed by atoms with Gasteiger partial charge in [0.05, 0.1) is 28.6 Å². The third-order valence-electron chi connectivity index (χ3n) is 5.70. The first-order valence-corrected chi connectivity index (χ1v) is 10.8. The second-order valence-electron chi connectivity index (χ2n) is 9.36. The van der Waals surface area contributed by atoms with Crippen LogP contribution in [0.15, 0.2) is 42.9 Å². The molecule has 0 atom stereocenters. The normalized spacial score (nSPS) is 14.8. The fourth-order valence-electron chi connectivity index (χ4n) is 3.89. The summed E-state index contributed by atoms with van der Waals surface area (Å²) >= 11 is 0. The van der Waals surface area contributed by atoms with Gasteiger partial charge in [0.15, 0.2) is 0 Å². The zero-order valence-electron chi connectivity index (χ0n) is 19.5. The number of carbonyl (C=O) groups excluding carboxylic acids is 1. The number of hydrogen-bond acceptors (Lipinski definition) is 8. The Morgan fingerprint density at radius 3 is 2.59 bits per heavy atom. The van der Waals surface area contributed by atoms with Crippen molar-refractivity contribution in [2.75, 3.05) is 23.3 Å². The first-order chi connectivity index (χ1) is 16.0. The van der Waals surface area contributed by atoms with Gasteiger partial charge >= 0.3 is 0 Å². The van der Waals surface area contributed by atoms with Gasteiger partial charge in [-0.05, 0) is 57.5 Å². The maximum atomic E-state index is 12.8. The number of carbonyl (C=O) groups is 1. The Morgan fingerprint density at radius 2 is 1.94 bits per heavy atom. The maximum Gasteiger partial charge on any atom is 0.274 e. The number of aromatic nitrogens is 3. The van der Waals surface area contributed by atoms with Crippen LogP contribution in [0.3, 0.4) is 0 Å². The van der Waals surface area contributed by atoms with E-state index in [0.717, 1.165) is 5.56 Å². The number of amides is 1. The molecule has 1 fully saturated rings. The highest BCUT2D eigenvalue weighted by Gasteiger charge is 2.38. The van der Waals surface area contributed by atoms with E-state index in [9.17, 15) is 20.3 Å². The Hall–Kier alpha value is -3.87. The Morgan fingerprint density at radius 1 is 1.21 bits per heavy atom. The van der Waals surface area contributed by atoms with Gasteiger partial charge in [-0.3, -0.25) is 14.8 Å². The number of nitriles is 1. The van der Waals surface area contributed by atoms with E-state index in [2.05, 4.69) is 26.3 Å². The van der Waals surface area contributed by atoms with Crippen molar-refractivity contribution in [1.82, 2.24) is 15.0 Å². The molecule has 0 radical (unpaired) electrons. The molecule has 1 amide bonds. The third kappa shape index (κ3) is 4.73. The van der Waals surface area contributed by atoms with E-state index in [1.807, 2.05) is 11.8 Å². The van der Waals surface area contributed by atoms with Gasteiger partial charge in [-0.2, -0.15) is 5.26 Å². The number of hydrogen-bond donors (Lipinski definition) is 3. The summed E-state index contributed by atoms with van der Waals surface area (Å²) in [7, 11) is 0. The molecule has 1 saturated heterocycles. The summed E-state index contributed by atoms with van der Waals surface area (Å²) in [4.78, 5) is 27.6. The van der Waals surface area contributed by atoms with E-state index in [0.29, 0.717) is 47.0 Å². The lowest BCUT2D eigenvalue weighted by Crippen LogP contribution is -2.60. The molecule has 9 heteroatoms. The highest BCUT2D eigenvalue weighted by Crippen LogP contribution is 2.32. The molecule has 4 heterocycles. The summed E-state index contributed by atoms with van der Waals surface area (Å²) in [5.41, 5.74) is 1.86. The van der Waals surface area contributed by atoms with Crippen LogP contribution in [0.1, 0.15) is 48.1 Å². The summed E-state index contributed by atoms with van der Waals surface area (Å²) in [6, 6.07) is 8.90. The van der Waals surface area contributed by atoms with Gasteiger partial charge in [0.25, 0.3) is 5.91 Å². The van der Waals surface area contributed by atoms with E-state index in [1.165, 1.54) is 6.20 Å². The molecular weight excluding hydrogens is 432 g/mol. The molecule has 1 aliphatic rings. The highest BCUT2D eigenvalue weighted by molar-refractivity contribution is 6.03. The second-order valence-corrected chi connectivity index (χ2v) is 9.36. The van der Waals surface area contributed by atoms with Gasteiger partial charge in [-0.25, -0.2) is 4.98 Å². The average molecular weight is 459 g/mol. The van der Waals surface area contributed by atoms with Crippen molar-refractivity contribution in [3.8, 4) is 17.2 Å². The predicted octanol–water partition coefficient (Wildman–Crippen LogP) is 2.77. The molecule has 0 bridgehead atoms. The molecule has 0 aromatic carbocycles. The van der Waals surface area contributed by atoms with Crippen molar-refractivity contribution in [3.63, 3.8) is 0 Å². The lowest BCUT2D eigenvalue weighted by atomic mass is 9.96. The van der Waals surface area contributed by atoms with Crippen molar-refractivity contribution >= 4 is 17.4 Å². The summed E-state index contributed by atoms with van der Waals surface area (Å²) < 4.78 is 0. The van der Waals surface area contributed by atoms with Crippen molar-refractivity contribution in [2.24, 2.45) is 0 Å². The van der Waals surface area contributed by atoms with Crippen molar-refractivity contribution < 1.29 is 15.0 Å². The fraction of sp³-hybridized carbons (Fsp3) is 0.320. The smallest absolute Gasteiger partial charge is 0.274 e. The standard InChI is InChI=1S/C25H26N6O3/c1-15-20(17-7-16(10-26)22(29-11-17)31-13-25(4,34)14-31)9-19(12-28-15)30-23(32)21-8-18(5-6-27-21)24(2,3)33/h5-9,11-12,33-34H,13-14H2,1-4H3,(H,30,32). The van der Waals surface area contributed by atoms with Crippen LogP contribution in [0.5, 0.6) is 0 Å². The molecular formula is C25H26N6O3. The molecule has 1 aliphatic heterocycles. The summed E-state index contributed by atoms with van der Waals surface area (Å²) in [6.45, 7) is 7.69. The van der Waals surface area contributed by atoms with E-state index < -0.39 is 17.1 Å². The van der Waals surface area contributed by atoms with Crippen molar-refractivity contribution in [2.45, 2.75) is 38.9 Å². The van der Waals surface area contributed by atoms with Gasteiger partial charge in [0.2, 0.25) is 0 Å². The third-order valence-corrected chi connectivity index (χ3v) is 5.70. The number of aliphatic hydroxyl groups is 2. The molecule has 3 N–H and O–H groups in total. The summed E-state index contributed by atoms with van der Waals surface area (Å²) in [5.74, 6) is 0.101. The number of pyridine rings is 3. The Kier molecular flexibility index (Phi) is 5.81. The highest BCUT2D eigenvalue weighted by atomic mass is 16.3. The van der Waals surface area contributed by atoms with Crippen LogP contribution in [0.2, 0.25) is 0 Å². The Balaban J connectivity index is 1.59. The Bertz CT molecular complexity index is 1300. The van der Waals surface area contributed by atoms with Crippen LogP contribution in [-0.4, -0.2) is 49.8 Å². The molecule has 0 spiro atoms. The number of nitrogens with zero attached hydrogens (tertiary/aromatic N) is 5. The van der Waals surface area contributed by atoms with Crippen molar-refractivity contribution in [3.05, 3.63) is 65.4 Å². The van der Waals surface area contributed by atoms with E-state index in [4.69, 9.17) is 0 Å². The first kappa shape index (κ1) is 23.3. The molecule has 4 rings (SSSR count). The molecule has 0 unspecified atom stereocenters. The lowest BCUT2D eigenvalue weighted by molar-refractivity contribution is 0.0305. The number of aryl methyl sites for hydroxylation is 1. The zero-order chi connectivity index (χ0) is 24.7. The molecule has 9 nitrogen and oxygen atoms in total. The van der Waals surface area contributed by atoms with Crippen LogP contribution in [0, 0.1) is 18.3 Å². The molecule has 34 heavy (non-hydrogen) atoms. The number of rotatable bonds is 5. The van der Waals surface area contributed by atoms with Gasteiger partial charge < -0.3 is 20.4 Å². The van der Waals surface area contributed by atoms with Crippen LogP contribution >= 0.6 is 0 Å².